The van der Waals surface area contributed by atoms with Gasteiger partial charge in [0.1, 0.15) is 0 Å². The molecule has 0 bridgehead atoms. The van der Waals surface area contributed by atoms with Crippen LogP contribution in [-0.2, 0) is 12.1 Å². The predicted octanol–water partition coefficient (Wildman–Crippen LogP) is 5.21. The Morgan fingerprint density at radius 3 is 2.26 bits per heavy atom. The lowest BCUT2D eigenvalue weighted by atomic mass is 9.81. The first kappa shape index (κ1) is 24.4. The average molecular weight is 490 g/mol. The van der Waals surface area contributed by atoms with Crippen LogP contribution in [-0.4, -0.2) is 58.2 Å². The SMILES string of the molecule is CN1CCn2c(C(O)C(F)(F)F)ccc2C12CCN(C(=O)c1ccc(C3CCCCC3)cc1)CC2. The van der Waals surface area contributed by atoms with Gasteiger partial charge in [-0.05, 0) is 68.5 Å². The van der Waals surface area contributed by atoms with E-state index in [9.17, 15) is 23.1 Å². The number of aliphatic hydroxyl groups excluding tert-OH is 1. The van der Waals surface area contributed by atoms with Crippen molar-refractivity contribution < 1.29 is 23.1 Å². The number of hydrogen-bond donors (Lipinski definition) is 1. The number of likely N-dealkylation sites (tertiary alicyclic amines) is 1. The van der Waals surface area contributed by atoms with Crippen LogP contribution in [0.25, 0.3) is 0 Å². The first-order chi connectivity index (χ1) is 16.7. The summed E-state index contributed by atoms with van der Waals surface area (Å²) in [6, 6.07) is 11.2. The fourth-order valence-corrected chi connectivity index (χ4v) is 6.44. The van der Waals surface area contributed by atoms with Crippen molar-refractivity contribution in [3.63, 3.8) is 0 Å². The third-order valence-electron chi connectivity index (χ3n) is 8.58. The number of alkyl halides is 3. The molecule has 1 saturated carbocycles. The van der Waals surface area contributed by atoms with E-state index in [0.29, 0.717) is 50.5 Å². The van der Waals surface area contributed by atoms with E-state index in [4.69, 9.17) is 0 Å². The number of aliphatic hydroxyl groups is 1. The number of amides is 1. The second-order valence-electron chi connectivity index (χ2n) is 10.4. The number of carbonyl (C=O) groups excluding carboxylic acids is 1. The molecule has 1 aromatic carbocycles. The molecule has 0 radical (unpaired) electrons. The third kappa shape index (κ3) is 4.40. The minimum Gasteiger partial charge on any atom is -0.378 e. The summed E-state index contributed by atoms with van der Waals surface area (Å²) in [6.07, 6.45) is 0.389. The van der Waals surface area contributed by atoms with Crippen LogP contribution in [0.1, 0.15) is 84.3 Å². The summed E-state index contributed by atoms with van der Waals surface area (Å²) in [5, 5.41) is 9.89. The van der Waals surface area contributed by atoms with Crippen molar-refractivity contribution in [3.8, 4) is 0 Å². The van der Waals surface area contributed by atoms with Crippen molar-refractivity contribution in [2.75, 3.05) is 26.7 Å². The molecular weight excluding hydrogens is 455 g/mol. The van der Waals surface area contributed by atoms with Crippen molar-refractivity contribution in [3.05, 3.63) is 58.9 Å². The molecule has 1 N–H and O–H groups in total. The highest BCUT2D eigenvalue weighted by molar-refractivity contribution is 5.94. The van der Waals surface area contributed by atoms with Gasteiger partial charge in [0, 0.05) is 37.4 Å². The number of rotatable bonds is 3. The Kier molecular flexibility index (Phi) is 6.46. The highest BCUT2D eigenvalue weighted by Crippen LogP contribution is 2.44. The second kappa shape index (κ2) is 9.28. The van der Waals surface area contributed by atoms with Crippen LogP contribution in [0.2, 0.25) is 0 Å². The molecule has 35 heavy (non-hydrogen) atoms. The Bertz CT molecular complexity index is 1050. The summed E-state index contributed by atoms with van der Waals surface area (Å²) < 4.78 is 41.3. The third-order valence-corrected chi connectivity index (χ3v) is 8.58. The molecule has 8 heteroatoms. The van der Waals surface area contributed by atoms with Crippen LogP contribution in [0, 0.1) is 0 Å². The zero-order chi connectivity index (χ0) is 24.8. The van der Waals surface area contributed by atoms with Crippen LogP contribution < -0.4 is 0 Å². The summed E-state index contributed by atoms with van der Waals surface area (Å²) >= 11 is 0. The molecule has 1 spiro atoms. The summed E-state index contributed by atoms with van der Waals surface area (Å²) in [5.41, 5.74) is 2.27. The number of benzene rings is 1. The van der Waals surface area contributed by atoms with E-state index < -0.39 is 17.8 Å². The monoisotopic (exact) mass is 489 g/mol. The quantitative estimate of drug-likeness (QED) is 0.644. The zero-order valence-electron chi connectivity index (χ0n) is 20.2. The smallest absolute Gasteiger partial charge is 0.378 e. The minimum absolute atomic E-state index is 0.0112. The van der Waals surface area contributed by atoms with E-state index in [1.165, 1.54) is 43.7 Å². The van der Waals surface area contributed by atoms with Gasteiger partial charge in [0.15, 0.2) is 6.10 Å². The summed E-state index contributed by atoms with van der Waals surface area (Å²) in [7, 11) is 2.00. The van der Waals surface area contributed by atoms with Gasteiger partial charge < -0.3 is 14.6 Å². The fourth-order valence-electron chi connectivity index (χ4n) is 6.44. The highest BCUT2D eigenvalue weighted by atomic mass is 19.4. The van der Waals surface area contributed by atoms with Crippen LogP contribution in [0.4, 0.5) is 13.2 Å². The first-order valence-corrected chi connectivity index (χ1v) is 12.8. The normalized spacial score (nSPS) is 22.3. The molecule has 5 nitrogen and oxygen atoms in total. The molecule has 1 aromatic heterocycles. The van der Waals surface area contributed by atoms with Crippen molar-refractivity contribution in [1.82, 2.24) is 14.4 Å². The first-order valence-electron chi connectivity index (χ1n) is 12.8. The number of nitrogens with zero attached hydrogens (tertiary/aromatic N) is 3. The summed E-state index contributed by atoms with van der Waals surface area (Å²) in [5.74, 6) is 0.610. The van der Waals surface area contributed by atoms with Gasteiger partial charge >= 0.3 is 6.18 Å². The van der Waals surface area contributed by atoms with Gasteiger partial charge in [-0.2, -0.15) is 13.2 Å². The van der Waals surface area contributed by atoms with Gasteiger partial charge in [0.25, 0.3) is 5.91 Å². The van der Waals surface area contributed by atoms with Gasteiger partial charge in [-0.25, -0.2) is 0 Å². The molecule has 1 aliphatic carbocycles. The maximum Gasteiger partial charge on any atom is 0.420 e. The average Bonchev–Trinajstić information content (AvgIpc) is 3.31. The highest BCUT2D eigenvalue weighted by Gasteiger charge is 2.47. The lowest BCUT2D eigenvalue weighted by Gasteiger charge is -2.50. The topological polar surface area (TPSA) is 48.7 Å². The van der Waals surface area contributed by atoms with Crippen LogP contribution in [0.5, 0.6) is 0 Å². The molecule has 2 fully saturated rings. The van der Waals surface area contributed by atoms with Gasteiger partial charge in [-0.15, -0.1) is 0 Å². The lowest BCUT2D eigenvalue weighted by Crippen LogP contribution is -2.56. The molecule has 3 aliphatic rings. The molecule has 1 amide bonds. The number of aromatic nitrogens is 1. The van der Waals surface area contributed by atoms with E-state index in [2.05, 4.69) is 17.0 Å². The number of halogens is 3. The largest absolute Gasteiger partial charge is 0.420 e. The molecule has 5 rings (SSSR count). The fraction of sp³-hybridized carbons (Fsp3) is 0.593. The second-order valence-corrected chi connectivity index (χ2v) is 10.4. The molecule has 2 aliphatic heterocycles. The Labute approximate surface area is 204 Å². The molecule has 190 valence electrons. The molecule has 3 heterocycles. The van der Waals surface area contributed by atoms with Gasteiger partial charge in [0.05, 0.1) is 11.2 Å². The van der Waals surface area contributed by atoms with Gasteiger partial charge in [-0.1, -0.05) is 31.4 Å². The van der Waals surface area contributed by atoms with Crippen LogP contribution >= 0.6 is 0 Å². The maximum absolute atomic E-state index is 13.2. The predicted molar refractivity (Wildman–Crippen MR) is 127 cm³/mol. The van der Waals surface area contributed by atoms with Crippen molar-refractivity contribution in [2.24, 2.45) is 0 Å². The molecule has 2 aromatic rings. The summed E-state index contributed by atoms with van der Waals surface area (Å²) in [6.45, 7) is 2.07. The van der Waals surface area contributed by atoms with Crippen molar-refractivity contribution in [1.29, 1.82) is 0 Å². The molecule has 1 atom stereocenters. The standard InChI is InChI=1S/C27H34F3N3O2/c1-31-17-18-33-22(24(34)27(28,29)30)11-12-23(33)26(31)13-15-32(16-14-26)25(35)21-9-7-20(8-10-21)19-5-3-2-4-6-19/h7-12,19,24,34H,2-6,13-18H2,1H3. The number of likely N-dealkylation sites (N-methyl/N-ethyl adjacent to an activating group) is 1. The van der Waals surface area contributed by atoms with E-state index in [1.807, 2.05) is 24.1 Å². The lowest BCUT2D eigenvalue weighted by molar-refractivity contribution is -0.209. The molecule has 1 unspecified atom stereocenters. The Morgan fingerprint density at radius 2 is 1.63 bits per heavy atom. The Morgan fingerprint density at radius 1 is 0.971 bits per heavy atom. The maximum atomic E-state index is 13.2. The number of piperidine rings is 1. The summed E-state index contributed by atoms with van der Waals surface area (Å²) in [4.78, 5) is 17.3. The van der Waals surface area contributed by atoms with Crippen molar-refractivity contribution >= 4 is 5.91 Å². The number of hydrogen-bond acceptors (Lipinski definition) is 3. The van der Waals surface area contributed by atoms with Crippen molar-refractivity contribution in [2.45, 2.75) is 75.2 Å². The van der Waals surface area contributed by atoms with Gasteiger partial charge in [-0.3, -0.25) is 9.69 Å². The number of fused-ring (bicyclic) bond motifs is 2. The van der Waals surface area contributed by atoms with Gasteiger partial charge in [0.2, 0.25) is 0 Å². The molecule has 1 saturated heterocycles. The van der Waals surface area contributed by atoms with E-state index in [0.717, 1.165) is 5.69 Å². The van der Waals surface area contributed by atoms with Crippen LogP contribution in [0.15, 0.2) is 36.4 Å². The van der Waals surface area contributed by atoms with E-state index >= 15 is 0 Å². The van der Waals surface area contributed by atoms with E-state index in [-0.39, 0.29) is 11.6 Å². The minimum atomic E-state index is -4.70. The Hall–Kier alpha value is -2.32. The van der Waals surface area contributed by atoms with E-state index in [1.54, 1.807) is 10.6 Å². The zero-order valence-corrected chi connectivity index (χ0v) is 20.2. The number of carbonyl (C=O) groups is 1. The van der Waals surface area contributed by atoms with Crippen LogP contribution in [0.3, 0.4) is 0 Å². The Balaban J connectivity index is 1.30. The molecular formula is C27H34F3N3O2.